The Bertz CT molecular complexity index is 593. The van der Waals surface area contributed by atoms with Gasteiger partial charge < -0.3 is 0 Å². The van der Waals surface area contributed by atoms with Gasteiger partial charge in [0.05, 0.1) is 0 Å². The van der Waals surface area contributed by atoms with Gasteiger partial charge in [-0.05, 0) is 23.1 Å². The third kappa shape index (κ3) is 2.59. The molecule has 0 spiro atoms. The van der Waals surface area contributed by atoms with Gasteiger partial charge in [-0.15, -0.1) is 0 Å². The van der Waals surface area contributed by atoms with Crippen LogP contribution in [0.15, 0.2) is 91.0 Å². The Balaban J connectivity index is 2.29. The summed E-state index contributed by atoms with van der Waals surface area (Å²) in [5.74, 6) is 0. The molecule has 22 heavy (non-hydrogen) atoms. The zero-order valence-electron chi connectivity index (χ0n) is 13.1. The van der Waals surface area contributed by atoms with Crippen LogP contribution < -0.4 is 0 Å². The van der Waals surface area contributed by atoms with Crippen molar-refractivity contribution in [2.24, 2.45) is 0 Å². The molecular formula is C21H21B. The summed E-state index contributed by atoms with van der Waals surface area (Å²) in [7, 11) is 2.27. The molecule has 3 rings (SSSR count). The van der Waals surface area contributed by atoms with E-state index >= 15 is 0 Å². The second-order valence-corrected chi connectivity index (χ2v) is 5.75. The molecule has 3 aromatic carbocycles. The molecule has 0 saturated carbocycles. The van der Waals surface area contributed by atoms with Crippen LogP contribution in [0.3, 0.4) is 0 Å². The molecule has 0 fully saturated rings. The van der Waals surface area contributed by atoms with E-state index in [0.717, 1.165) is 12.7 Å². The van der Waals surface area contributed by atoms with Crippen molar-refractivity contribution in [1.29, 1.82) is 0 Å². The zero-order valence-corrected chi connectivity index (χ0v) is 13.1. The maximum absolute atomic E-state index is 2.27. The fourth-order valence-corrected chi connectivity index (χ4v) is 3.48. The van der Waals surface area contributed by atoms with Gasteiger partial charge in [0.1, 0.15) is 7.85 Å². The Labute approximate surface area is 134 Å². The standard InChI is InChI=1S/C21H21B/c22-17-16-21(18-10-4-1-5-11-18,19-12-6-2-7-13-19)20-14-8-3-9-15-20/h1-15H,16-17,22H2. The Hall–Kier alpha value is -2.28. The second kappa shape index (κ2) is 6.66. The molecule has 0 unspecified atom stereocenters. The maximum Gasteiger partial charge on any atom is 0.101 e. The summed E-state index contributed by atoms with van der Waals surface area (Å²) in [6.07, 6.45) is 2.24. The van der Waals surface area contributed by atoms with Crippen molar-refractivity contribution in [3.8, 4) is 0 Å². The van der Waals surface area contributed by atoms with Crippen LogP contribution in [0, 0.1) is 0 Å². The first-order valence-electron chi connectivity index (χ1n) is 8.04. The Morgan fingerprint density at radius 3 is 1.14 bits per heavy atom. The SMILES string of the molecule is BCCC(c1ccccc1)(c1ccccc1)c1ccccc1. The van der Waals surface area contributed by atoms with Gasteiger partial charge in [0.25, 0.3) is 0 Å². The molecule has 0 amide bonds. The minimum Gasteiger partial charge on any atom is -0.0796 e. The molecule has 0 radical (unpaired) electrons. The summed E-state index contributed by atoms with van der Waals surface area (Å²) in [5.41, 5.74) is 4.04. The Kier molecular flexibility index (Phi) is 4.43. The number of rotatable bonds is 5. The zero-order chi connectivity index (χ0) is 15.3. The minimum atomic E-state index is -0.0709. The lowest BCUT2D eigenvalue weighted by atomic mass is 9.65. The van der Waals surface area contributed by atoms with E-state index in [4.69, 9.17) is 0 Å². The quantitative estimate of drug-likeness (QED) is 0.479. The van der Waals surface area contributed by atoms with E-state index in [-0.39, 0.29) is 5.41 Å². The summed E-state index contributed by atoms with van der Waals surface area (Å²) in [5, 5.41) is 0. The molecule has 3 aromatic rings. The van der Waals surface area contributed by atoms with Crippen molar-refractivity contribution in [1.82, 2.24) is 0 Å². The lowest BCUT2D eigenvalue weighted by Crippen LogP contribution is -2.29. The molecule has 0 aliphatic carbocycles. The Morgan fingerprint density at radius 1 is 0.545 bits per heavy atom. The molecule has 108 valence electrons. The topological polar surface area (TPSA) is 0 Å². The number of hydrogen-bond donors (Lipinski definition) is 0. The van der Waals surface area contributed by atoms with Gasteiger partial charge >= 0.3 is 0 Å². The maximum atomic E-state index is 2.27. The predicted molar refractivity (Wildman–Crippen MR) is 97.2 cm³/mol. The monoisotopic (exact) mass is 284 g/mol. The van der Waals surface area contributed by atoms with E-state index in [9.17, 15) is 0 Å². The van der Waals surface area contributed by atoms with Crippen LogP contribution in [0.5, 0.6) is 0 Å². The minimum absolute atomic E-state index is 0.0709. The van der Waals surface area contributed by atoms with Crippen molar-refractivity contribution >= 4 is 7.85 Å². The molecule has 0 aliphatic heterocycles. The predicted octanol–water partition coefficient (Wildman–Crippen LogP) is 4.46. The van der Waals surface area contributed by atoms with Crippen LogP contribution >= 0.6 is 0 Å². The van der Waals surface area contributed by atoms with Crippen LogP contribution in [0.4, 0.5) is 0 Å². The van der Waals surface area contributed by atoms with E-state index in [1.54, 1.807) is 0 Å². The van der Waals surface area contributed by atoms with Crippen LogP contribution in [0.2, 0.25) is 6.32 Å². The fourth-order valence-electron chi connectivity index (χ4n) is 3.48. The third-order valence-corrected chi connectivity index (χ3v) is 4.42. The van der Waals surface area contributed by atoms with Crippen LogP contribution in [0.25, 0.3) is 0 Å². The third-order valence-electron chi connectivity index (χ3n) is 4.42. The fraction of sp³-hybridized carbons (Fsp3) is 0.143. The molecule has 0 N–H and O–H groups in total. The molecule has 0 bridgehead atoms. The first-order valence-corrected chi connectivity index (χ1v) is 8.04. The first-order chi connectivity index (χ1) is 10.9. The molecule has 1 heteroatoms. The van der Waals surface area contributed by atoms with Gasteiger partial charge in [0.15, 0.2) is 0 Å². The van der Waals surface area contributed by atoms with Gasteiger partial charge in [0.2, 0.25) is 0 Å². The normalized spacial score (nSPS) is 11.3. The average molecular weight is 284 g/mol. The molecule has 0 aromatic heterocycles. The molecule has 0 heterocycles. The number of benzene rings is 3. The smallest absolute Gasteiger partial charge is 0.0796 e. The highest BCUT2D eigenvalue weighted by atomic mass is 14.4. The highest BCUT2D eigenvalue weighted by molar-refractivity contribution is 6.08. The highest BCUT2D eigenvalue weighted by Crippen LogP contribution is 2.42. The summed E-state index contributed by atoms with van der Waals surface area (Å²) in [6, 6.07) is 32.7. The Morgan fingerprint density at radius 2 is 0.864 bits per heavy atom. The van der Waals surface area contributed by atoms with Crippen molar-refractivity contribution in [2.75, 3.05) is 0 Å². The lowest BCUT2D eigenvalue weighted by Gasteiger charge is -2.36. The molecule has 0 saturated heterocycles. The van der Waals surface area contributed by atoms with E-state index in [1.807, 2.05) is 0 Å². The van der Waals surface area contributed by atoms with Gasteiger partial charge in [-0.1, -0.05) is 97.3 Å². The second-order valence-electron chi connectivity index (χ2n) is 5.75. The van der Waals surface area contributed by atoms with Gasteiger partial charge in [0, 0.05) is 5.41 Å². The number of hydrogen-bond acceptors (Lipinski definition) is 0. The summed E-state index contributed by atoms with van der Waals surface area (Å²) < 4.78 is 0. The van der Waals surface area contributed by atoms with Gasteiger partial charge in [-0.25, -0.2) is 0 Å². The molecular weight excluding hydrogens is 263 g/mol. The lowest BCUT2D eigenvalue weighted by molar-refractivity contribution is 0.593. The van der Waals surface area contributed by atoms with Gasteiger partial charge in [-0.2, -0.15) is 0 Å². The van der Waals surface area contributed by atoms with Gasteiger partial charge in [-0.3, -0.25) is 0 Å². The van der Waals surface area contributed by atoms with E-state index in [0.29, 0.717) is 0 Å². The largest absolute Gasteiger partial charge is 0.101 e. The van der Waals surface area contributed by atoms with E-state index in [1.165, 1.54) is 16.7 Å². The molecule has 0 atom stereocenters. The van der Waals surface area contributed by atoms with E-state index < -0.39 is 0 Å². The average Bonchev–Trinajstić information content (AvgIpc) is 2.62. The first kappa shape index (κ1) is 14.7. The van der Waals surface area contributed by atoms with Crippen LogP contribution in [-0.2, 0) is 5.41 Å². The van der Waals surface area contributed by atoms with Crippen LogP contribution in [-0.4, -0.2) is 7.85 Å². The van der Waals surface area contributed by atoms with Crippen molar-refractivity contribution in [2.45, 2.75) is 18.2 Å². The van der Waals surface area contributed by atoms with Crippen LogP contribution in [0.1, 0.15) is 23.1 Å². The van der Waals surface area contributed by atoms with Crippen molar-refractivity contribution in [3.63, 3.8) is 0 Å². The van der Waals surface area contributed by atoms with Crippen molar-refractivity contribution < 1.29 is 0 Å². The molecule has 0 nitrogen and oxygen atoms in total. The summed E-state index contributed by atoms with van der Waals surface area (Å²) in [4.78, 5) is 0. The van der Waals surface area contributed by atoms with Crippen molar-refractivity contribution in [3.05, 3.63) is 108 Å². The highest BCUT2D eigenvalue weighted by Gasteiger charge is 2.34. The van der Waals surface area contributed by atoms with E-state index in [2.05, 4.69) is 98.8 Å². The molecule has 0 aliphatic rings. The summed E-state index contributed by atoms with van der Waals surface area (Å²) >= 11 is 0. The summed E-state index contributed by atoms with van der Waals surface area (Å²) in [6.45, 7) is 0.